The van der Waals surface area contributed by atoms with E-state index in [-0.39, 0.29) is 17.2 Å². The molecule has 1 amide bonds. The van der Waals surface area contributed by atoms with Crippen molar-refractivity contribution in [2.24, 2.45) is 0 Å². The maximum atomic E-state index is 13.3. The van der Waals surface area contributed by atoms with Gasteiger partial charge in [-0.1, -0.05) is 55.3 Å². The number of carbonyl (C=O) groups is 1. The summed E-state index contributed by atoms with van der Waals surface area (Å²) in [5.41, 5.74) is 2.30. The summed E-state index contributed by atoms with van der Waals surface area (Å²) in [7, 11) is 0. The zero-order valence-electron chi connectivity index (χ0n) is 17.4. The van der Waals surface area contributed by atoms with Crippen molar-refractivity contribution in [3.05, 3.63) is 48.3 Å². The van der Waals surface area contributed by atoms with Crippen molar-refractivity contribution >= 4 is 23.4 Å². The fourth-order valence-electron chi connectivity index (χ4n) is 4.66. The van der Waals surface area contributed by atoms with Gasteiger partial charge in [0.15, 0.2) is 5.16 Å². The van der Waals surface area contributed by atoms with E-state index in [2.05, 4.69) is 40.4 Å². The highest BCUT2D eigenvalue weighted by Crippen LogP contribution is 2.36. The minimum Gasteiger partial charge on any atom is -0.308 e. The summed E-state index contributed by atoms with van der Waals surface area (Å²) in [6.07, 6.45) is 9.00. The fraction of sp³-hybridized carbons (Fsp3) is 0.522. The van der Waals surface area contributed by atoms with Crippen molar-refractivity contribution in [3.8, 4) is 0 Å². The molecule has 1 fully saturated rings. The van der Waals surface area contributed by atoms with Crippen LogP contribution in [0, 0.1) is 0 Å². The van der Waals surface area contributed by atoms with E-state index in [9.17, 15) is 4.79 Å². The van der Waals surface area contributed by atoms with Crippen molar-refractivity contribution in [3.63, 3.8) is 0 Å². The Morgan fingerprint density at radius 1 is 1.28 bits per heavy atom. The Morgan fingerprint density at radius 3 is 2.79 bits per heavy atom. The molecule has 1 aliphatic heterocycles. The molecule has 5 nitrogen and oxygen atoms in total. The van der Waals surface area contributed by atoms with Crippen LogP contribution in [0.25, 0.3) is 0 Å². The van der Waals surface area contributed by atoms with Gasteiger partial charge in [-0.2, -0.15) is 0 Å². The molecule has 6 heteroatoms. The van der Waals surface area contributed by atoms with Gasteiger partial charge < -0.3 is 9.47 Å². The van der Waals surface area contributed by atoms with Crippen molar-refractivity contribution in [2.75, 3.05) is 4.90 Å². The number of fused-ring (bicyclic) bond motifs is 1. The molecule has 2 aromatic rings. The van der Waals surface area contributed by atoms with Gasteiger partial charge in [0.25, 0.3) is 0 Å². The monoisotopic (exact) mass is 410 g/mol. The average molecular weight is 411 g/mol. The van der Waals surface area contributed by atoms with E-state index in [4.69, 9.17) is 0 Å². The fourth-order valence-corrected chi connectivity index (χ4v) is 5.57. The Hall–Kier alpha value is -2.08. The average Bonchev–Trinajstić information content (AvgIpc) is 3.28. The number of thioether (sulfide) groups is 1. The summed E-state index contributed by atoms with van der Waals surface area (Å²) in [6.45, 7) is 8.70. The van der Waals surface area contributed by atoms with Gasteiger partial charge >= 0.3 is 0 Å². The second-order valence-electron chi connectivity index (χ2n) is 8.23. The molecule has 2 heterocycles. The van der Waals surface area contributed by atoms with E-state index < -0.39 is 0 Å². The van der Waals surface area contributed by atoms with Crippen LogP contribution in [-0.2, 0) is 17.8 Å². The quantitative estimate of drug-likeness (QED) is 0.498. The third-order valence-corrected chi connectivity index (χ3v) is 7.17. The van der Waals surface area contributed by atoms with Gasteiger partial charge in [-0.15, -0.1) is 16.8 Å². The number of rotatable bonds is 6. The summed E-state index contributed by atoms with van der Waals surface area (Å²) >= 11 is 1.52. The van der Waals surface area contributed by atoms with Crippen molar-refractivity contribution in [2.45, 2.75) is 81.3 Å². The highest BCUT2D eigenvalue weighted by Gasteiger charge is 2.34. The highest BCUT2D eigenvalue weighted by atomic mass is 32.2. The molecule has 2 atom stereocenters. The van der Waals surface area contributed by atoms with Gasteiger partial charge in [0.2, 0.25) is 5.91 Å². The summed E-state index contributed by atoms with van der Waals surface area (Å²) in [6, 6.07) is 8.41. The second-order valence-corrected chi connectivity index (χ2v) is 9.53. The molecular weight excluding hydrogens is 380 g/mol. The Bertz CT molecular complexity index is 887. The standard InChI is InChI=1S/C23H30N4OS/c1-4-14-26-21(18-10-6-5-7-11-18)24-25-23(26)29-17(3)22(28)27-16(2)15-19-12-8-9-13-20(19)27/h4,8-9,12-13,16-18H,1,5-7,10-11,14-15H2,2-3H3/t16-,17-/m0/s1. The first kappa shape index (κ1) is 20.2. The summed E-state index contributed by atoms with van der Waals surface area (Å²) < 4.78 is 2.17. The first-order chi connectivity index (χ1) is 14.1. The molecule has 0 unspecified atom stereocenters. The first-order valence-electron chi connectivity index (χ1n) is 10.7. The van der Waals surface area contributed by atoms with E-state index in [1.165, 1.54) is 49.4 Å². The van der Waals surface area contributed by atoms with Crippen LogP contribution in [0.5, 0.6) is 0 Å². The van der Waals surface area contributed by atoms with Gasteiger partial charge in [-0.05, 0) is 44.7 Å². The Morgan fingerprint density at radius 2 is 2.03 bits per heavy atom. The van der Waals surface area contributed by atoms with Crippen molar-refractivity contribution in [1.29, 1.82) is 0 Å². The number of carbonyl (C=O) groups excluding carboxylic acids is 1. The van der Waals surface area contributed by atoms with Crippen LogP contribution < -0.4 is 4.90 Å². The number of para-hydroxylation sites is 1. The van der Waals surface area contributed by atoms with E-state index in [1.807, 2.05) is 30.0 Å². The van der Waals surface area contributed by atoms with E-state index in [0.717, 1.165) is 23.1 Å². The number of hydrogen-bond acceptors (Lipinski definition) is 4. The largest absolute Gasteiger partial charge is 0.308 e. The van der Waals surface area contributed by atoms with E-state index >= 15 is 0 Å². The third kappa shape index (κ3) is 4.00. The normalized spacial score (nSPS) is 20.5. The molecule has 0 spiro atoms. The molecule has 0 saturated heterocycles. The van der Waals surface area contributed by atoms with Gasteiger partial charge in [-0.25, -0.2) is 0 Å². The predicted molar refractivity (Wildman–Crippen MR) is 118 cm³/mol. The Balaban J connectivity index is 1.53. The first-order valence-corrected chi connectivity index (χ1v) is 11.6. The van der Waals surface area contributed by atoms with Crippen molar-refractivity contribution < 1.29 is 4.79 Å². The number of anilines is 1. The summed E-state index contributed by atoms with van der Waals surface area (Å²) in [5, 5.41) is 9.62. The molecule has 1 aromatic heterocycles. The molecule has 2 aliphatic rings. The lowest BCUT2D eigenvalue weighted by atomic mass is 9.89. The minimum atomic E-state index is -0.226. The Kier molecular flexibility index (Phi) is 6.09. The van der Waals surface area contributed by atoms with Crippen LogP contribution in [0.3, 0.4) is 0 Å². The molecule has 0 radical (unpaired) electrons. The maximum Gasteiger partial charge on any atom is 0.240 e. The number of aromatic nitrogens is 3. The predicted octanol–water partition coefficient (Wildman–Crippen LogP) is 4.97. The van der Waals surface area contributed by atoms with Crippen LogP contribution in [0.2, 0.25) is 0 Å². The number of allylic oxidation sites excluding steroid dienone is 1. The van der Waals surface area contributed by atoms with Crippen LogP contribution in [0.15, 0.2) is 42.1 Å². The summed E-state index contributed by atoms with van der Waals surface area (Å²) in [5.74, 6) is 1.67. The SMILES string of the molecule is C=CCn1c(S[C@@H](C)C(=O)N2c3ccccc3C[C@@H]2C)nnc1C1CCCCC1. The van der Waals surface area contributed by atoms with Crippen LogP contribution in [0.4, 0.5) is 5.69 Å². The molecule has 0 N–H and O–H groups in total. The number of nitrogens with zero attached hydrogens (tertiary/aromatic N) is 4. The molecule has 1 saturated carbocycles. The van der Waals surface area contributed by atoms with Gasteiger partial charge in [0.05, 0.1) is 5.25 Å². The van der Waals surface area contributed by atoms with Crippen LogP contribution in [0.1, 0.15) is 63.3 Å². The number of benzene rings is 1. The molecular formula is C23H30N4OS. The van der Waals surface area contributed by atoms with E-state index in [0.29, 0.717) is 12.5 Å². The summed E-state index contributed by atoms with van der Waals surface area (Å²) in [4.78, 5) is 15.3. The van der Waals surface area contributed by atoms with Gasteiger partial charge in [0, 0.05) is 24.2 Å². The molecule has 1 aromatic carbocycles. The lowest BCUT2D eigenvalue weighted by Gasteiger charge is -2.26. The lowest BCUT2D eigenvalue weighted by molar-refractivity contribution is -0.118. The molecule has 1 aliphatic carbocycles. The molecule has 4 rings (SSSR count). The van der Waals surface area contributed by atoms with Gasteiger partial charge in [0.1, 0.15) is 5.82 Å². The maximum absolute atomic E-state index is 13.3. The minimum absolute atomic E-state index is 0.139. The smallest absolute Gasteiger partial charge is 0.240 e. The topological polar surface area (TPSA) is 51.0 Å². The molecule has 0 bridgehead atoms. The zero-order valence-corrected chi connectivity index (χ0v) is 18.2. The van der Waals surface area contributed by atoms with Crippen LogP contribution in [-0.4, -0.2) is 32.0 Å². The van der Waals surface area contributed by atoms with Gasteiger partial charge in [-0.3, -0.25) is 4.79 Å². The second kappa shape index (κ2) is 8.74. The molecule has 29 heavy (non-hydrogen) atoms. The van der Waals surface area contributed by atoms with Crippen LogP contribution >= 0.6 is 11.8 Å². The highest BCUT2D eigenvalue weighted by molar-refractivity contribution is 8.00. The van der Waals surface area contributed by atoms with E-state index in [1.54, 1.807) is 0 Å². The Labute approximate surface area is 177 Å². The number of amides is 1. The van der Waals surface area contributed by atoms with Crippen molar-refractivity contribution in [1.82, 2.24) is 14.8 Å². The lowest BCUT2D eigenvalue weighted by Crippen LogP contribution is -2.40. The third-order valence-electron chi connectivity index (χ3n) is 6.10. The zero-order chi connectivity index (χ0) is 20.4. The number of hydrogen-bond donors (Lipinski definition) is 0. The molecule has 154 valence electrons.